The number of urea groups is 1. The van der Waals surface area contributed by atoms with Crippen LogP contribution in [0.2, 0.25) is 0 Å². The first kappa shape index (κ1) is 18.7. The Morgan fingerprint density at radius 2 is 1.76 bits per heavy atom. The molecule has 0 saturated heterocycles. The molecule has 0 aliphatic carbocycles. The number of carbonyl (C=O) groups excluding carboxylic acids is 2. The average Bonchev–Trinajstić information content (AvgIpc) is 3.12. The Labute approximate surface area is 168 Å². The number of hydrogen-bond donors (Lipinski definition) is 2. The van der Waals surface area contributed by atoms with Crippen LogP contribution in [0.3, 0.4) is 0 Å². The Bertz CT molecular complexity index is 1300. The molecule has 9 nitrogen and oxygen atoms in total. The van der Waals surface area contributed by atoms with Crippen molar-refractivity contribution >= 4 is 40.4 Å². The molecular formula is C19H16N6O3S. The number of hydrogen-bond acceptors (Lipinski definition) is 6. The van der Waals surface area contributed by atoms with E-state index < -0.39 is 17.2 Å². The molecule has 3 N–H and O–H groups in total. The third-order valence-corrected chi connectivity index (χ3v) is 5.35. The summed E-state index contributed by atoms with van der Waals surface area (Å²) >= 11 is 1.11. The summed E-state index contributed by atoms with van der Waals surface area (Å²) in [6.07, 6.45) is 0. The second-order valence-corrected chi connectivity index (χ2v) is 7.53. The van der Waals surface area contributed by atoms with E-state index in [4.69, 9.17) is 5.73 Å². The number of nitrogens with zero attached hydrogens (tertiary/aromatic N) is 4. The molecule has 4 rings (SSSR count). The standard InChI is InChI=1S/C19H16N6O3S/c1-11(15(26)21-17(20)28)29-19-23-22-18-24(12-7-3-2-4-8-12)16(27)13-9-5-6-10-14(13)25(18)19/h2-11H,1H3,(H3,20,21,26,28)/t11-/m1/s1. The second kappa shape index (κ2) is 7.40. The van der Waals surface area contributed by atoms with E-state index >= 15 is 0 Å². The zero-order valence-electron chi connectivity index (χ0n) is 15.3. The van der Waals surface area contributed by atoms with E-state index in [2.05, 4.69) is 15.5 Å². The Kier molecular flexibility index (Phi) is 4.77. The average molecular weight is 408 g/mol. The Hall–Kier alpha value is -3.66. The Balaban J connectivity index is 1.93. The van der Waals surface area contributed by atoms with Gasteiger partial charge in [0.2, 0.25) is 11.7 Å². The summed E-state index contributed by atoms with van der Waals surface area (Å²) < 4.78 is 3.20. The third kappa shape index (κ3) is 3.34. The molecule has 146 valence electrons. The molecule has 10 heteroatoms. The summed E-state index contributed by atoms with van der Waals surface area (Å²) in [5, 5.41) is 10.7. The van der Waals surface area contributed by atoms with Crippen LogP contribution in [0, 0.1) is 0 Å². The predicted octanol–water partition coefficient (Wildman–Crippen LogP) is 1.71. The Morgan fingerprint density at radius 1 is 1.07 bits per heavy atom. The number of primary amides is 1. The van der Waals surface area contributed by atoms with Gasteiger partial charge in [0.05, 0.1) is 21.8 Å². The van der Waals surface area contributed by atoms with Gasteiger partial charge in [-0.05, 0) is 31.2 Å². The SMILES string of the molecule is C[C@@H](Sc1nnc2n(-c3ccccc3)c(=O)c3ccccc3n12)C(=O)NC(N)=O. The number of carbonyl (C=O) groups is 2. The van der Waals surface area contributed by atoms with Gasteiger partial charge in [-0.2, -0.15) is 0 Å². The van der Waals surface area contributed by atoms with Gasteiger partial charge >= 0.3 is 6.03 Å². The van der Waals surface area contributed by atoms with Gasteiger partial charge in [0, 0.05) is 0 Å². The van der Waals surface area contributed by atoms with Gasteiger partial charge in [0.25, 0.3) is 5.56 Å². The smallest absolute Gasteiger partial charge is 0.318 e. The normalized spacial score (nSPS) is 12.2. The van der Waals surface area contributed by atoms with Gasteiger partial charge in [-0.25, -0.2) is 9.36 Å². The fraction of sp³-hybridized carbons (Fsp3) is 0.105. The van der Waals surface area contributed by atoms with E-state index in [0.717, 1.165) is 11.8 Å². The van der Waals surface area contributed by atoms with E-state index in [0.29, 0.717) is 27.5 Å². The number of amides is 3. The first-order valence-corrected chi connectivity index (χ1v) is 9.56. The van der Waals surface area contributed by atoms with E-state index in [9.17, 15) is 14.4 Å². The predicted molar refractivity (Wildman–Crippen MR) is 109 cm³/mol. The van der Waals surface area contributed by atoms with Gasteiger partial charge < -0.3 is 5.73 Å². The summed E-state index contributed by atoms with van der Waals surface area (Å²) in [7, 11) is 0. The summed E-state index contributed by atoms with van der Waals surface area (Å²) in [6, 6.07) is 15.3. The fourth-order valence-corrected chi connectivity index (χ4v) is 3.86. The first-order valence-electron chi connectivity index (χ1n) is 8.68. The molecule has 2 aromatic carbocycles. The zero-order chi connectivity index (χ0) is 20.5. The third-order valence-electron chi connectivity index (χ3n) is 4.31. The maximum Gasteiger partial charge on any atom is 0.318 e. The van der Waals surface area contributed by atoms with Crippen LogP contribution in [0.25, 0.3) is 22.4 Å². The minimum Gasteiger partial charge on any atom is -0.351 e. The van der Waals surface area contributed by atoms with Gasteiger partial charge in [0.1, 0.15) is 0 Å². The number of aromatic nitrogens is 4. The van der Waals surface area contributed by atoms with Crippen molar-refractivity contribution in [2.75, 3.05) is 0 Å². The minimum absolute atomic E-state index is 0.220. The molecule has 0 radical (unpaired) electrons. The lowest BCUT2D eigenvalue weighted by molar-refractivity contribution is -0.119. The summed E-state index contributed by atoms with van der Waals surface area (Å²) in [5.74, 6) is -0.218. The topological polar surface area (TPSA) is 124 Å². The number of nitrogens with two attached hydrogens (primary N) is 1. The molecule has 2 aromatic heterocycles. The lowest BCUT2D eigenvalue weighted by Gasteiger charge is -2.12. The van der Waals surface area contributed by atoms with Crippen molar-refractivity contribution in [3.05, 3.63) is 65.0 Å². The molecule has 0 aliphatic rings. The largest absolute Gasteiger partial charge is 0.351 e. The molecule has 1 atom stereocenters. The molecule has 0 unspecified atom stereocenters. The molecule has 0 aliphatic heterocycles. The van der Waals surface area contributed by atoms with Crippen LogP contribution >= 0.6 is 11.8 Å². The first-order chi connectivity index (χ1) is 14.0. The maximum absolute atomic E-state index is 13.2. The number of thioether (sulfide) groups is 1. The highest BCUT2D eigenvalue weighted by Crippen LogP contribution is 2.26. The van der Waals surface area contributed by atoms with Crippen LogP contribution in [-0.2, 0) is 4.79 Å². The highest BCUT2D eigenvalue weighted by Gasteiger charge is 2.22. The van der Waals surface area contributed by atoms with Crippen LogP contribution in [0.4, 0.5) is 4.79 Å². The van der Waals surface area contributed by atoms with Crippen LogP contribution in [0.1, 0.15) is 6.92 Å². The van der Waals surface area contributed by atoms with Gasteiger partial charge in [-0.1, -0.05) is 42.1 Å². The highest BCUT2D eigenvalue weighted by molar-refractivity contribution is 8.00. The molecule has 0 bridgehead atoms. The van der Waals surface area contributed by atoms with Gasteiger partial charge in [-0.3, -0.25) is 19.3 Å². The fourth-order valence-electron chi connectivity index (χ4n) is 3.00. The van der Waals surface area contributed by atoms with Crippen molar-refractivity contribution in [2.24, 2.45) is 5.73 Å². The molecule has 0 fully saturated rings. The summed E-state index contributed by atoms with van der Waals surface area (Å²) in [4.78, 5) is 36.2. The number of para-hydroxylation sites is 2. The molecule has 29 heavy (non-hydrogen) atoms. The number of rotatable bonds is 4. The number of imide groups is 1. The quantitative estimate of drug-likeness (QED) is 0.495. The van der Waals surface area contributed by atoms with Crippen molar-refractivity contribution in [2.45, 2.75) is 17.3 Å². The molecular weight excluding hydrogens is 392 g/mol. The molecule has 4 aromatic rings. The zero-order valence-corrected chi connectivity index (χ0v) is 16.1. The van der Waals surface area contributed by atoms with E-state index in [-0.39, 0.29) is 5.56 Å². The maximum atomic E-state index is 13.2. The lowest BCUT2D eigenvalue weighted by atomic mass is 10.2. The molecule has 0 spiro atoms. The van der Waals surface area contributed by atoms with E-state index in [1.807, 2.05) is 24.3 Å². The summed E-state index contributed by atoms with van der Waals surface area (Å²) in [5.41, 5.74) is 6.07. The van der Waals surface area contributed by atoms with E-state index in [1.165, 1.54) is 4.57 Å². The van der Waals surface area contributed by atoms with Crippen LogP contribution in [-0.4, -0.2) is 36.4 Å². The molecule has 2 heterocycles. The second-order valence-electron chi connectivity index (χ2n) is 6.22. The summed E-state index contributed by atoms with van der Waals surface area (Å²) in [6.45, 7) is 1.62. The van der Waals surface area contributed by atoms with Gasteiger partial charge in [-0.15, -0.1) is 10.2 Å². The highest BCUT2D eigenvalue weighted by atomic mass is 32.2. The Morgan fingerprint density at radius 3 is 2.48 bits per heavy atom. The minimum atomic E-state index is -0.920. The van der Waals surface area contributed by atoms with Crippen molar-refractivity contribution in [3.8, 4) is 5.69 Å². The van der Waals surface area contributed by atoms with Crippen LogP contribution in [0.5, 0.6) is 0 Å². The van der Waals surface area contributed by atoms with Crippen molar-refractivity contribution in [1.82, 2.24) is 24.5 Å². The molecule has 3 amide bonds. The number of fused-ring (bicyclic) bond motifs is 3. The van der Waals surface area contributed by atoms with E-state index in [1.54, 1.807) is 41.7 Å². The molecule has 0 saturated carbocycles. The number of nitrogens with one attached hydrogen (secondary N) is 1. The van der Waals surface area contributed by atoms with Crippen LogP contribution < -0.4 is 16.6 Å². The van der Waals surface area contributed by atoms with Gasteiger partial charge in [0.15, 0.2) is 5.16 Å². The number of benzene rings is 2. The van der Waals surface area contributed by atoms with Crippen molar-refractivity contribution in [3.63, 3.8) is 0 Å². The monoisotopic (exact) mass is 408 g/mol. The van der Waals surface area contributed by atoms with Crippen molar-refractivity contribution in [1.29, 1.82) is 0 Å². The van der Waals surface area contributed by atoms with Crippen molar-refractivity contribution < 1.29 is 9.59 Å². The van der Waals surface area contributed by atoms with Crippen LogP contribution in [0.15, 0.2) is 64.5 Å². The lowest BCUT2D eigenvalue weighted by Crippen LogP contribution is -2.39.